The molecular formula is C16H32N3O3S+. The van der Waals surface area contributed by atoms with E-state index in [-0.39, 0.29) is 11.8 Å². The third-order valence-electron chi connectivity index (χ3n) is 5.55. The number of amides is 1. The number of piperidine rings is 2. The van der Waals surface area contributed by atoms with Crippen LogP contribution >= 0.6 is 0 Å². The molecule has 134 valence electrons. The molecule has 0 spiro atoms. The van der Waals surface area contributed by atoms with Gasteiger partial charge in [0.2, 0.25) is 15.9 Å². The largest absolute Gasteiger partial charge is 0.350 e. The normalized spacial score (nSPS) is 31.0. The molecule has 1 amide bonds. The number of nitrogens with one attached hydrogen (secondary N) is 2. The Labute approximate surface area is 140 Å². The van der Waals surface area contributed by atoms with Crippen LogP contribution in [0.4, 0.5) is 0 Å². The maximum atomic E-state index is 12.3. The number of sulfonamides is 1. The monoisotopic (exact) mass is 346 g/mol. The van der Waals surface area contributed by atoms with Gasteiger partial charge >= 0.3 is 0 Å². The summed E-state index contributed by atoms with van der Waals surface area (Å²) in [5.74, 6) is 0.0501. The van der Waals surface area contributed by atoms with Crippen molar-refractivity contribution in [1.82, 2.24) is 9.62 Å². The van der Waals surface area contributed by atoms with Crippen LogP contribution in [0.3, 0.4) is 0 Å². The minimum atomic E-state index is -3.12. The molecule has 0 saturated carbocycles. The Morgan fingerprint density at radius 2 is 1.70 bits per heavy atom. The van der Waals surface area contributed by atoms with Gasteiger partial charge in [0, 0.05) is 19.0 Å². The molecule has 2 aliphatic rings. The molecule has 2 N–H and O–H groups in total. The average molecular weight is 347 g/mol. The summed E-state index contributed by atoms with van der Waals surface area (Å²) >= 11 is 0. The van der Waals surface area contributed by atoms with Crippen molar-refractivity contribution in [2.75, 3.05) is 32.4 Å². The third kappa shape index (κ3) is 5.16. The van der Waals surface area contributed by atoms with Gasteiger partial charge in [-0.2, -0.15) is 0 Å². The minimum absolute atomic E-state index is 0.0424. The van der Waals surface area contributed by atoms with Gasteiger partial charge in [-0.05, 0) is 46.0 Å². The molecular weight excluding hydrogens is 314 g/mol. The van der Waals surface area contributed by atoms with Crippen LogP contribution in [0.2, 0.25) is 0 Å². The summed E-state index contributed by atoms with van der Waals surface area (Å²) in [6, 6.07) is 1.35. The number of carbonyl (C=O) groups excluding carboxylic acids is 1. The van der Waals surface area contributed by atoms with Crippen molar-refractivity contribution in [3.8, 4) is 0 Å². The fraction of sp³-hybridized carbons (Fsp3) is 0.938. The van der Waals surface area contributed by atoms with Gasteiger partial charge in [-0.1, -0.05) is 0 Å². The molecule has 0 aromatic carbocycles. The minimum Gasteiger partial charge on any atom is -0.350 e. The molecule has 2 aliphatic heterocycles. The van der Waals surface area contributed by atoms with Gasteiger partial charge in [0.25, 0.3) is 0 Å². The molecule has 2 heterocycles. The predicted octanol–water partition coefficient (Wildman–Crippen LogP) is -0.380. The van der Waals surface area contributed by atoms with Crippen molar-refractivity contribution in [1.29, 1.82) is 0 Å². The summed E-state index contributed by atoms with van der Waals surface area (Å²) in [6.07, 6.45) is 6.36. The standard InChI is InChI=1S/C16H31N3O3S/c1-13-5-4-6-14(2)19(13)12-9-17-16(20)15-7-10-18(11-8-15)23(3,21)22/h13-15H,4-12H2,1-3H3,(H,17,20)/p+1. The van der Waals surface area contributed by atoms with E-state index >= 15 is 0 Å². The van der Waals surface area contributed by atoms with E-state index < -0.39 is 10.0 Å². The molecule has 2 atom stereocenters. The van der Waals surface area contributed by atoms with Crippen LogP contribution < -0.4 is 10.2 Å². The Bertz CT molecular complexity index is 491. The van der Waals surface area contributed by atoms with Crippen molar-refractivity contribution in [3.05, 3.63) is 0 Å². The molecule has 2 unspecified atom stereocenters. The lowest BCUT2D eigenvalue weighted by Crippen LogP contribution is -3.19. The van der Waals surface area contributed by atoms with Crippen LogP contribution in [0.1, 0.15) is 46.0 Å². The van der Waals surface area contributed by atoms with E-state index in [4.69, 9.17) is 0 Å². The quantitative estimate of drug-likeness (QED) is 0.713. The van der Waals surface area contributed by atoms with Crippen molar-refractivity contribution >= 4 is 15.9 Å². The van der Waals surface area contributed by atoms with Gasteiger partial charge in [0.15, 0.2) is 0 Å². The van der Waals surface area contributed by atoms with E-state index in [1.807, 2.05) is 0 Å². The second-order valence-corrected chi connectivity index (χ2v) is 9.27. The van der Waals surface area contributed by atoms with Crippen molar-refractivity contribution in [2.24, 2.45) is 5.92 Å². The molecule has 2 saturated heterocycles. The highest BCUT2D eigenvalue weighted by molar-refractivity contribution is 7.88. The Morgan fingerprint density at radius 1 is 1.13 bits per heavy atom. The number of rotatable bonds is 5. The van der Waals surface area contributed by atoms with Crippen LogP contribution in [-0.2, 0) is 14.8 Å². The average Bonchev–Trinajstić information content (AvgIpc) is 2.49. The molecule has 0 aromatic heterocycles. The topological polar surface area (TPSA) is 70.9 Å². The predicted molar refractivity (Wildman–Crippen MR) is 90.8 cm³/mol. The number of quaternary nitrogens is 1. The molecule has 0 aliphatic carbocycles. The lowest BCUT2D eigenvalue weighted by Gasteiger charge is -2.36. The number of nitrogens with zero attached hydrogens (tertiary/aromatic N) is 1. The van der Waals surface area contributed by atoms with E-state index in [2.05, 4.69) is 19.2 Å². The molecule has 0 bridgehead atoms. The van der Waals surface area contributed by atoms with Crippen molar-refractivity contribution in [3.63, 3.8) is 0 Å². The van der Waals surface area contributed by atoms with Crippen LogP contribution in [0, 0.1) is 5.92 Å². The van der Waals surface area contributed by atoms with E-state index in [1.54, 1.807) is 4.90 Å². The summed E-state index contributed by atoms with van der Waals surface area (Å²) in [6.45, 7) is 7.22. The maximum Gasteiger partial charge on any atom is 0.223 e. The van der Waals surface area contributed by atoms with Crippen LogP contribution in [-0.4, -0.2) is 63.1 Å². The number of hydrogen-bond acceptors (Lipinski definition) is 3. The maximum absolute atomic E-state index is 12.3. The summed E-state index contributed by atoms with van der Waals surface area (Å²) in [5, 5.41) is 3.07. The van der Waals surface area contributed by atoms with Crippen LogP contribution in [0.5, 0.6) is 0 Å². The number of likely N-dealkylation sites (tertiary alicyclic amines) is 1. The van der Waals surface area contributed by atoms with Gasteiger partial charge in [-0.3, -0.25) is 4.79 Å². The fourth-order valence-corrected chi connectivity index (χ4v) is 4.88. The highest BCUT2D eigenvalue weighted by atomic mass is 32.2. The molecule has 23 heavy (non-hydrogen) atoms. The molecule has 6 nitrogen and oxygen atoms in total. The lowest BCUT2D eigenvalue weighted by atomic mass is 9.97. The fourth-order valence-electron chi connectivity index (χ4n) is 4.00. The number of hydrogen-bond donors (Lipinski definition) is 2. The van der Waals surface area contributed by atoms with Gasteiger partial charge in [0.05, 0.1) is 31.4 Å². The summed E-state index contributed by atoms with van der Waals surface area (Å²) < 4.78 is 24.5. The van der Waals surface area contributed by atoms with Crippen molar-refractivity contribution < 1.29 is 18.1 Å². The van der Waals surface area contributed by atoms with Gasteiger partial charge < -0.3 is 10.2 Å². The van der Waals surface area contributed by atoms with Crippen LogP contribution in [0.25, 0.3) is 0 Å². The first-order valence-electron chi connectivity index (χ1n) is 8.87. The Hall–Kier alpha value is -0.660. The Kier molecular flexibility index (Phi) is 6.45. The van der Waals surface area contributed by atoms with E-state index in [9.17, 15) is 13.2 Å². The summed E-state index contributed by atoms with van der Waals surface area (Å²) in [4.78, 5) is 13.9. The zero-order valence-corrected chi connectivity index (χ0v) is 15.5. The number of carbonyl (C=O) groups is 1. The first-order chi connectivity index (χ1) is 10.8. The molecule has 7 heteroatoms. The van der Waals surface area contributed by atoms with Crippen molar-refractivity contribution in [2.45, 2.75) is 58.0 Å². The Balaban J connectivity index is 1.71. The van der Waals surface area contributed by atoms with Gasteiger partial charge in [-0.15, -0.1) is 0 Å². The zero-order valence-electron chi connectivity index (χ0n) is 14.7. The van der Waals surface area contributed by atoms with Gasteiger partial charge in [0.1, 0.15) is 0 Å². The third-order valence-corrected chi connectivity index (χ3v) is 6.85. The van der Waals surface area contributed by atoms with E-state index in [1.165, 1.54) is 29.8 Å². The summed E-state index contributed by atoms with van der Waals surface area (Å²) in [7, 11) is -3.12. The molecule has 2 rings (SSSR count). The molecule has 2 fully saturated rings. The smallest absolute Gasteiger partial charge is 0.223 e. The van der Waals surface area contributed by atoms with E-state index in [0.717, 1.165) is 13.1 Å². The highest BCUT2D eigenvalue weighted by Crippen LogP contribution is 2.19. The SMILES string of the molecule is CC1CCCC(C)[NH+]1CCNC(=O)C1CCN(S(C)(=O)=O)CC1. The second-order valence-electron chi connectivity index (χ2n) is 7.29. The van der Waals surface area contributed by atoms with E-state index in [0.29, 0.717) is 38.0 Å². The molecule has 0 radical (unpaired) electrons. The first-order valence-corrected chi connectivity index (χ1v) is 10.7. The summed E-state index contributed by atoms with van der Waals surface area (Å²) in [5.41, 5.74) is 0. The lowest BCUT2D eigenvalue weighted by molar-refractivity contribution is -0.950. The molecule has 0 aromatic rings. The second kappa shape index (κ2) is 7.94. The zero-order chi connectivity index (χ0) is 17.0. The first kappa shape index (κ1) is 18.7. The highest BCUT2D eigenvalue weighted by Gasteiger charge is 2.30. The Morgan fingerprint density at radius 3 is 2.22 bits per heavy atom. The van der Waals surface area contributed by atoms with Gasteiger partial charge in [-0.25, -0.2) is 12.7 Å². The van der Waals surface area contributed by atoms with Crippen LogP contribution in [0.15, 0.2) is 0 Å².